The lowest BCUT2D eigenvalue weighted by molar-refractivity contribution is -0.113. The second-order valence-electron chi connectivity index (χ2n) is 6.11. The van der Waals surface area contributed by atoms with Crippen LogP contribution in [-0.2, 0) is 4.79 Å². The molecule has 0 aliphatic carbocycles. The lowest BCUT2D eigenvalue weighted by atomic mass is 10.1. The second kappa shape index (κ2) is 6.80. The van der Waals surface area contributed by atoms with Crippen molar-refractivity contribution in [3.8, 4) is 0 Å². The fraction of sp³-hybridized carbons (Fsp3) is 0.438. The number of hydrogen-bond acceptors (Lipinski definition) is 5. The maximum atomic E-state index is 12.7. The van der Waals surface area contributed by atoms with Crippen molar-refractivity contribution in [2.45, 2.75) is 24.1 Å². The van der Waals surface area contributed by atoms with E-state index in [1.54, 1.807) is 18.3 Å². The van der Waals surface area contributed by atoms with E-state index in [0.717, 1.165) is 24.3 Å². The van der Waals surface area contributed by atoms with Crippen LogP contribution >= 0.6 is 23.5 Å². The summed E-state index contributed by atoms with van der Waals surface area (Å²) in [4.78, 5) is 39.8. The molecule has 0 aromatic carbocycles. The van der Waals surface area contributed by atoms with Gasteiger partial charge in [0.1, 0.15) is 5.82 Å². The number of anilines is 1. The van der Waals surface area contributed by atoms with Gasteiger partial charge in [-0.15, -0.1) is 11.8 Å². The standard InChI is InChI=1S/C16H18N4O3S2/c21-11-8-25-13(10-2-1-5-17-15(10)22)12-14(18-11)20(19-16(12)23)9-3-6-24-7-4-9/h1-2,5,9,13H,3-4,6-8H2,(H,17,22)(H,18,21)(H,19,23)/t13-/m1/s1. The highest BCUT2D eigenvalue weighted by atomic mass is 32.2. The minimum absolute atomic E-state index is 0.154. The van der Waals surface area contributed by atoms with Crippen molar-refractivity contribution in [2.24, 2.45) is 0 Å². The highest BCUT2D eigenvalue weighted by Gasteiger charge is 2.33. The largest absolute Gasteiger partial charge is 0.329 e. The number of carbonyl (C=O) groups excluding carboxylic acids is 1. The van der Waals surface area contributed by atoms with Crippen molar-refractivity contribution in [3.63, 3.8) is 0 Å². The van der Waals surface area contributed by atoms with Crippen LogP contribution in [0, 0.1) is 0 Å². The van der Waals surface area contributed by atoms with Gasteiger partial charge in [-0.05, 0) is 30.4 Å². The monoisotopic (exact) mass is 378 g/mol. The number of thioether (sulfide) groups is 2. The molecule has 7 nitrogen and oxygen atoms in total. The van der Waals surface area contributed by atoms with Crippen molar-refractivity contribution in [2.75, 3.05) is 22.6 Å². The minimum Gasteiger partial charge on any atom is -0.329 e. The topological polar surface area (TPSA) is 99.8 Å². The number of fused-ring (bicyclic) bond motifs is 1. The number of aromatic amines is 2. The molecule has 25 heavy (non-hydrogen) atoms. The number of hydrogen-bond donors (Lipinski definition) is 3. The molecule has 1 fully saturated rings. The molecule has 0 bridgehead atoms. The molecular weight excluding hydrogens is 360 g/mol. The molecule has 0 spiro atoms. The molecule has 1 atom stereocenters. The third-order valence-electron chi connectivity index (χ3n) is 4.55. The van der Waals surface area contributed by atoms with Gasteiger partial charge in [0, 0.05) is 11.8 Å². The Hall–Kier alpha value is -1.87. The van der Waals surface area contributed by atoms with Crippen molar-refractivity contribution in [1.82, 2.24) is 14.8 Å². The van der Waals surface area contributed by atoms with Gasteiger partial charge < -0.3 is 10.3 Å². The Morgan fingerprint density at radius 1 is 1.12 bits per heavy atom. The third-order valence-corrected chi connectivity index (χ3v) is 6.85. The zero-order valence-corrected chi connectivity index (χ0v) is 15.0. The average Bonchev–Trinajstić information content (AvgIpc) is 2.83. The van der Waals surface area contributed by atoms with Crippen LogP contribution in [0.3, 0.4) is 0 Å². The normalized spacial score (nSPS) is 21.4. The van der Waals surface area contributed by atoms with Gasteiger partial charge in [0.2, 0.25) is 5.91 Å². The first-order valence-corrected chi connectivity index (χ1v) is 10.4. The number of carbonyl (C=O) groups is 1. The highest BCUT2D eigenvalue weighted by Crippen LogP contribution is 2.40. The Bertz CT molecular complexity index is 911. The summed E-state index contributed by atoms with van der Waals surface area (Å²) in [5.41, 5.74) is 0.483. The van der Waals surface area contributed by atoms with Gasteiger partial charge >= 0.3 is 0 Å². The maximum Gasteiger partial charge on any atom is 0.270 e. The van der Waals surface area contributed by atoms with Crippen LogP contribution < -0.4 is 16.4 Å². The van der Waals surface area contributed by atoms with Crippen LogP contribution in [0.5, 0.6) is 0 Å². The van der Waals surface area contributed by atoms with Gasteiger partial charge in [-0.2, -0.15) is 11.8 Å². The minimum atomic E-state index is -0.470. The number of H-pyrrole nitrogens is 2. The zero-order valence-electron chi connectivity index (χ0n) is 13.4. The molecule has 0 radical (unpaired) electrons. The maximum absolute atomic E-state index is 12.7. The summed E-state index contributed by atoms with van der Waals surface area (Å²) in [6.45, 7) is 0. The summed E-state index contributed by atoms with van der Waals surface area (Å²) in [7, 11) is 0. The molecule has 4 rings (SSSR count). The summed E-state index contributed by atoms with van der Waals surface area (Å²) in [5, 5.41) is 5.31. The Balaban J connectivity index is 1.86. The molecular formula is C16H18N4O3S2. The summed E-state index contributed by atoms with van der Waals surface area (Å²) < 4.78 is 1.81. The van der Waals surface area contributed by atoms with E-state index in [1.165, 1.54) is 11.8 Å². The first kappa shape index (κ1) is 16.6. The molecule has 9 heteroatoms. The van der Waals surface area contributed by atoms with Gasteiger partial charge in [0.15, 0.2) is 0 Å². The molecule has 4 heterocycles. The van der Waals surface area contributed by atoms with Crippen LogP contribution in [0.15, 0.2) is 27.9 Å². The van der Waals surface area contributed by atoms with Crippen molar-refractivity contribution in [1.29, 1.82) is 0 Å². The fourth-order valence-corrected chi connectivity index (χ4v) is 5.57. The van der Waals surface area contributed by atoms with E-state index in [9.17, 15) is 14.4 Å². The van der Waals surface area contributed by atoms with E-state index in [2.05, 4.69) is 15.4 Å². The van der Waals surface area contributed by atoms with Crippen molar-refractivity contribution in [3.05, 3.63) is 50.2 Å². The summed E-state index contributed by atoms with van der Waals surface area (Å²) >= 11 is 3.21. The average molecular weight is 378 g/mol. The SMILES string of the molecule is O=C1CS[C@H](c2ccc[nH]c2=O)c2c(n(C3CCSCC3)[nH]c2=O)N1. The van der Waals surface area contributed by atoms with Crippen LogP contribution in [0.4, 0.5) is 5.82 Å². The molecule has 0 saturated carbocycles. The van der Waals surface area contributed by atoms with E-state index >= 15 is 0 Å². The smallest absolute Gasteiger partial charge is 0.270 e. The van der Waals surface area contributed by atoms with Gasteiger partial charge in [0.05, 0.1) is 22.6 Å². The molecule has 1 amide bonds. The first-order chi connectivity index (χ1) is 12.1. The number of nitrogens with one attached hydrogen (secondary N) is 3. The van der Waals surface area contributed by atoms with Gasteiger partial charge in [-0.25, -0.2) is 0 Å². The Morgan fingerprint density at radius 3 is 2.68 bits per heavy atom. The van der Waals surface area contributed by atoms with E-state index in [0.29, 0.717) is 16.9 Å². The fourth-order valence-electron chi connectivity index (χ4n) is 3.35. The Kier molecular flexibility index (Phi) is 4.51. The number of rotatable bonds is 2. The Morgan fingerprint density at radius 2 is 1.92 bits per heavy atom. The molecule has 2 aliphatic heterocycles. The van der Waals surface area contributed by atoms with E-state index in [-0.39, 0.29) is 28.8 Å². The lowest BCUT2D eigenvalue weighted by Crippen LogP contribution is -2.22. The van der Waals surface area contributed by atoms with Crippen molar-refractivity contribution >= 4 is 35.2 Å². The summed E-state index contributed by atoms with van der Waals surface area (Å²) in [6.07, 6.45) is 3.45. The molecule has 0 unspecified atom stereocenters. The molecule has 132 valence electrons. The third kappa shape index (κ3) is 3.06. The molecule has 1 saturated heterocycles. The number of aromatic nitrogens is 3. The van der Waals surface area contributed by atoms with Gasteiger partial charge in [0.25, 0.3) is 11.1 Å². The van der Waals surface area contributed by atoms with E-state index in [1.807, 2.05) is 16.4 Å². The quantitative estimate of drug-likeness (QED) is 0.739. The first-order valence-electron chi connectivity index (χ1n) is 8.16. The molecule has 3 N–H and O–H groups in total. The molecule has 2 aliphatic rings. The highest BCUT2D eigenvalue weighted by molar-refractivity contribution is 8.00. The lowest BCUT2D eigenvalue weighted by Gasteiger charge is -2.24. The second-order valence-corrected chi connectivity index (χ2v) is 8.43. The predicted octanol–water partition coefficient (Wildman–Crippen LogP) is 1.71. The van der Waals surface area contributed by atoms with E-state index in [4.69, 9.17) is 0 Å². The number of amides is 1. The van der Waals surface area contributed by atoms with E-state index < -0.39 is 5.25 Å². The van der Waals surface area contributed by atoms with Gasteiger partial charge in [-0.1, -0.05) is 6.07 Å². The summed E-state index contributed by atoms with van der Waals surface area (Å²) in [5.74, 6) is 2.63. The Labute approximate surface area is 152 Å². The summed E-state index contributed by atoms with van der Waals surface area (Å²) in [6, 6.07) is 3.61. The van der Waals surface area contributed by atoms with Crippen LogP contribution in [0.2, 0.25) is 0 Å². The molecule has 2 aromatic heterocycles. The number of nitrogens with zero attached hydrogens (tertiary/aromatic N) is 1. The molecule has 2 aromatic rings. The van der Waals surface area contributed by atoms with Crippen molar-refractivity contribution < 1.29 is 4.79 Å². The predicted molar refractivity (Wildman–Crippen MR) is 101 cm³/mol. The van der Waals surface area contributed by atoms with Crippen LogP contribution in [-0.4, -0.2) is 37.9 Å². The van der Waals surface area contributed by atoms with Crippen LogP contribution in [0.1, 0.15) is 35.3 Å². The van der Waals surface area contributed by atoms with Crippen LogP contribution in [0.25, 0.3) is 0 Å². The number of pyridine rings is 1. The van der Waals surface area contributed by atoms with Gasteiger partial charge in [-0.3, -0.25) is 24.2 Å². The zero-order chi connectivity index (χ0) is 17.4.